The first kappa shape index (κ1) is 16.2. The van der Waals surface area contributed by atoms with Crippen LogP contribution in [0.3, 0.4) is 0 Å². The van der Waals surface area contributed by atoms with Gasteiger partial charge in [-0.1, -0.05) is 0 Å². The van der Waals surface area contributed by atoms with Gasteiger partial charge in [0, 0.05) is 45.0 Å². The summed E-state index contributed by atoms with van der Waals surface area (Å²) < 4.78 is 1.81. The van der Waals surface area contributed by atoms with Crippen LogP contribution in [0.2, 0.25) is 0 Å². The van der Waals surface area contributed by atoms with Crippen molar-refractivity contribution in [3.05, 3.63) is 29.8 Å². The Bertz CT molecular complexity index is 742. The molecule has 3 rings (SSSR count). The van der Waals surface area contributed by atoms with Gasteiger partial charge in [-0.25, -0.2) is 9.97 Å². The fraction of sp³-hybridized carbons (Fsp3) is 0.500. The van der Waals surface area contributed by atoms with Crippen LogP contribution in [-0.4, -0.2) is 57.2 Å². The van der Waals surface area contributed by atoms with Crippen LogP contribution in [0.15, 0.2) is 18.6 Å². The van der Waals surface area contributed by atoms with Crippen molar-refractivity contribution < 1.29 is 4.79 Å². The Morgan fingerprint density at radius 1 is 1.25 bits per heavy atom. The van der Waals surface area contributed by atoms with E-state index in [1.807, 2.05) is 42.9 Å². The van der Waals surface area contributed by atoms with E-state index < -0.39 is 0 Å². The van der Waals surface area contributed by atoms with E-state index in [1.54, 1.807) is 4.90 Å². The third kappa shape index (κ3) is 3.32. The Morgan fingerprint density at radius 3 is 2.71 bits per heavy atom. The summed E-state index contributed by atoms with van der Waals surface area (Å²) in [5.41, 5.74) is 2.13. The lowest BCUT2D eigenvalue weighted by Gasteiger charge is -2.32. The lowest BCUT2D eigenvalue weighted by Crippen LogP contribution is -2.48. The van der Waals surface area contributed by atoms with Crippen molar-refractivity contribution >= 4 is 17.5 Å². The highest BCUT2D eigenvalue weighted by molar-refractivity contribution is 5.82. The van der Waals surface area contributed by atoms with Crippen LogP contribution in [0.25, 0.3) is 0 Å². The van der Waals surface area contributed by atoms with Gasteiger partial charge >= 0.3 is 0 Å². The standard InChI is InChI=1S/C16H23N7O/c1-11(13-8-22(4)20-12(13)2)19-14-7-15(18-10-17-14)23-6-5-21(3)16(24)9-23/h7-8,10-11H,5-6,9H2,1-4H3,(H,17,18,19)/t11-/m1/s1. The number of hydrogen-bond acceptors (Lipinski definition) is 6. The number of piperazine rings is 1. The second-order valence-electron chi connectivity index (χ2n) is 6.21. The number of amides is 1. The smallest absolute Gasteiger partial charge is 0.241 e. The zero-order valence-corrected chi connectivity index (χ0v) is 14.5. The molecule has 2 aromatic rings. The Hall–Kier alpha value is -2.64. The summed E-state index contributed by atoms with van der Waals surface area (Å²) in [7, 11) is 3.74. The second kappa shape index (κ2) is 6.46. The summed E-state index contributed by atoms with van der Waals surface area (Å²) in [4.78, 5) is 24.2. The molecule has 3 heterocycles. The predicted octanol–water partition coefficient (Wildman–Crippen LogP) is 0.970. The van der Waals surface area contributed by atoms with E-state index in [-0.39, 0.29) is 11.9 Å². The number of nitrogens with zero attached hydrogens (tertiary/aromatic N) is 6. The van der Waals surface area contributed by atoms with Gasteiger partial charge in [-0.15, -0.1) is 0 Å². The molecule has 0 aliphatic carbocycles. The summed E-state index contributed by atoms with van der Waals surface area (Å²) in [5, 5.41) is 7.76. The minimum atomic E-state index is 0.0792. The first-order chi connectivity index (χ1) is 11.4. The van der Waals surface area contributed by atoms with E-state index in [9.17, 15) is 4.79 Å². The molecule has 24 heavy (non-hydrogen) atoms. The molecule has 1 amide bonds. The number of carbonyl (C=O) groups excluding carboxylic acids is 1. The van der Waals surface area contributed by atoms with Crippen LogP contribution < -0.4 is 10.2 Å². The molecule has 0 saturated carbocycles. The van der Waals surface area contributed by atoms with E-state index in [0.29, 0.717) is 13.1 Å². The van der Waals surface area contributed by atoms with Gasteiger partial charge in [-0.05, 0) is 13.8 Å². The molecule has 0 spiro atoms. The van der Waals surface area contributed by atoms with Crippen molar-refractivity contribution in [2.24, 2.45) is 7.05 Å². The third-order valence-electron chi connectivity index (χ3n) is 4.32. The number of anilines is 2. The number of aryl methyl sites for hydroxylation is 2. The van der Waals surface area contributed by atoms with Crippen molar-refractivity contribution in [2.75, 3.05) is 36.9 Å². The molecule has 128 valence electrons. The number of likely N-dealkylation sites (N-methyl/N-ethyl adjacent to an activating group) is 1. The van der Waals surface area contributed by atoms with Crippen molar-refractivity contribution in [3.63, 3.8) is 0 Å². The molecule has 1 saturated heterocycles. The maximum atomic E-state index is 11.9. The average Bonchev–Trinajstić information content (AvgIpc) is 2.89. The van der Waals surface area contributed by atoms with Crippen LogP contribution >= 0.6 is 0 Å². The second-order valence-corrected chi connectivity index (χ2v) is 6.21. The van der Waals surface area contributed by atoms with Gasteiger partial charge in [0.15, 0.2) is 0 Å². The van der Waals surface area contributed by atoms with Crippen LogP contribution in [-0.2, 0) is 11.8 Å². The van der Waals surface area contributed by atoms with Crippen molar-refractivity contribution in [1.82, 2.24) is 24.6 Å². The highest BCUT2D eigenvalue weighted by atomic mass is 16.2. The van der Waals surface area contributed by atoms with Crippen LogP contribution in [0.5, 0.6) is 0 Å². The maximum Gasteiger partial charge on any atom is 0.241 e. The molecule has 1 aliphatic rings. The third-order valence-corrected chi connectivity index (χ3v) is 4.32. The minimum Gasteiger partial charge on any atom is -0.363 e. The molecular formula is C16H23N7O. The molecule has 0 bridgehead atoms. The molecule has 1 atom stereocenters. The summed E-state index contributed by atoms with van der Waals surface area (Å²) in [6.45, 7) is 5.90. The molecule has 1 fully saturated rings. The lowest BCUT2D eigenvalue weighted by molar-refractivity contribution is -0.129. The molecule has 0 radical (unpaired) electrons. The molecule has 2 aromatic heterocycles. The van der Waals surface area contributed by atoms with Crippen molar-refractivity contribution in [2.45, 2.75) is 19.9 Å². The number of hydrogen-bond donors (Lipinski definition) is 1. The van der Waals surface area contributed by atoms with E-state index in [2.05, 4.69) is 27.3 Å². The van der Waals surface area contributed by atoms with Gasteiger partial charge in [0.25, 0.3) is 0 Å². The van der Waals surface area contributed by atoms with Gasteiger partial charge < -0.3 is 15.1 Å². The Kier molecular flexibility index (Phi) is 4.37. The zero-order valence-electron chi connectivity index (χ0n) is 14.5. The number of rotatable bonds is 4. The van der Waals surface area contributed by atoms with Crippen molar-refractivity contribution in [3.8, 4) is 0 Å². The largest absolute Gasteiger partial charge is 0.363 e. The lowest BCUT2D eigenvalue weighted by atomic mass is 10.1. The SMILES string of the molecule is Cc1nn(C)cc1[C@@H](C)Nc1cc(N2CCN(C)C(=O)C2)ncn1. The molecule has 1 N–H and O–H groups in total. The summed E-state index contributed by atoms with van der Waals surface area (Å²) in [6.07, 6.45) is 3.54. The van der Waals surface area contributed by atoms with Gasteiger partial charge in [0.05, 0.1) is 18.3 Å². The maximum absolute atomic E-state index is 11.9. The van der Waals surface area contributed by atoms with E-state index in [0.717, 1.165) is 29.4 Å². The zero-order chi connectivity index (χ0) is 17.3. The number of carbonyl (C=O) groups is 1. The van der Waals surface area contributed by atoms with E-state index in [1.165, 1.54) is 6.33 Å². The number of aromatic nitrogens is 4. The van der Waals surface area contributed by atoms with Crippen LogP contribution in [0.1, 0.15) is 24.2 Å². The molecule has 8 nitrogen and oxygen atoms in total. The monoisotopic (exact) mass is 329 g/mol. The van der Waals surface area contributed by atoms with Gasteiger partial charge in [-0.2, -0.15) is 5.10 Å². The van der Waals surface area contributed by atoms with Crippen LogP contribution in [0.4, 0.5) is 11.6 Å². The Labute approximate surface area is 141 Å². The van der Waals surface area contributed by atoms with Gasteiger partial charge in [0.2, 0.25) is 5.91 Å². The molecule has 1 aliphatic heterocycles. The molecular weight excluding hydrogens is 306 g/mol. The van der Waals surface area contributed by atoms with E-state index in [4.69, 9.17) is 0 Å². The topological polar surface area (TPSA) is 79.2 Å². The minimum absolute atomic E-state index is 0.0792. The number of nitrogens with one attached hydrogen (secondary N) is 1. The predicted molar refractivity (Wildman–Crippen MR) is 91.9 cm³/mol. The first-order valence-corrected chi connectivity index (χ1v) is 8.01. The highest BCUT2D eigenvalue weighted by Crippen LogP contribution is 2.22. The van der Waals surface area contributed by atoms with Gasteiger partial charge in [-0.3, -0.25) is 9.48 Å². The highest BCUT2D eigenvalue weighted by Gasteiger charge is 2.22. The van der Waals surface area contributed by atoms with Crippen LogP contribution in [0, 0.1) is 6.92 Å². The van der Waals surface area contributed by atoms with Crippen molar-refractivity contribution in [1.29, 1.82) is 0 Å². The van der Waals surface area contributed by atoms with Gasteiger partial charge in [0.1, 0.15) is 18.0 Å². The Morgan fingerprint density at radius 2 is 2.04 bits per heavy atom. The summed E-state index contributed by atoms with van der Waals surface area (Å²) >= 11 is 0. The molecule has 8 heteroatoms. The fourth-order valence-electron chi connectivity index (χ4n) is 2.90. The molecule has 0 aromatic carbocycles. The normalized spacial score (nSPS) is 16.4. The average molecular weight is 329 g/mol. The molecule has 0 unspecified atom stereocenters. The quantitative estimate of drug-likeness (QED) is 0.900. The summed E-state index contributed by atoms with van der Waals surface area (Å²) in [6, 6.07) is 1.97. The Balaban J connectivity index is 1.73. The summed E-state index contributed by atoms with van der Waals surface area (Å²) in [5.74, 6) is 1.61. The first-order valence-electron chi connectivity index (χ1n) is 8.01. The van der Waals surface area contributed by atoms with E-state index >= 15 is 0 Å². The fourth-order valence-corrected chi connectivity index (χ4v) is 2.90.